The fourth-order valence-corrected chi connectivity index (χ4v) is 2.42. The standard InChI is InChI=1S/C21H29N3O2/c1-3-22-21(24-17-18-10-9-13-20(16-18)25-2)23-14-7-8-15-26-19-11-5-4-6-12-19/h4-6,9-13,16H,3,7-8,14-15,17H2,1-2H3,(H2,22,23,24). The van der Waals surface area contributed by atoms with Crippen LogP contribution in [-0.2, 0) is 6.54 Å². The van der Waals surface area contributed by atoms with Crippen molar-refractivity contribution >= 4 is 5.96 Å². The van der Waals surface area contributed by atoms with Crippen LogP contribution in [0.1, 0.15) is 25.3 Å². The summed E-state index contributed by atoms with van der Waals surface area (Å²) in [6, 6.07) is 17.9. The van der Waals surface area contributed by atoms with Gasteiger partial charge >= 0.3 is 0 Å². The van der Waals surface area contributed by atoms with Gasteiger partial charge in [-0.25, -0.2) is 4.99 Å². The summed E-state index contributed by atoms with van der Waals surface area (Å²) in [6.45, 7) is 5.10. The van der Waals surface area contributed by atoms with E-state index >= 15 is 0 Å². The Morgan fingerprint density at radius 2 is 1.77 bits per heavy atom. The Labute approximate surface area is 156 Å². The van der Waals surface area contributed by atoms with Crippen molar-refractivity contribution in [2.24, 2.45) is 4.99 Å². The molecule has 140 valence electrons. The molecular weight excluding hydrogens is 326 g/mol. The zero-order valence-electron chi connectivity index (χ0n) is 15.7. The van der Waals surface area contributed by atoms with Gasteiger partial charge in [0.2, 0.25) is 0 Å². The third kappa shape index (κ3) is 7.47. The number of nitrogens with zero attached hydrogens (tertiary/aromatic N) is 1. The van der Waals surface area contributed by atoms with Crippen LogP contribution in [0.4, 0.5) is 0 Å². The first kappa shape index (κ1) is 19.6. The van der Waals surface area contributed by atoms with Crippen molar-refractivity contribution < 1.29 is 9.47 Å². The normalized spacial score (nSPS) is 11.1. The van der Waals surface area contributed by atoms with Crippen molar-refractivity contribution in [3.05, 3.63) is 60.2 Å². The predicted octanol–water partition coefficient (Wildman–Crippen LogP) is 3.61. The lowest BCUT2D eigenvalue weighted by Crippen LogP contribution is -2.37. The van der Waals surface area contributed by atoms with E-state index in [1.807, 2.05) is 48.5 Å². The molecule has 0 unspecified atom stereocenters. The van der Waals surface area contributed by atoms with Crippen LogP contribution in [-0.4, -0.2) is 32.8 Å². The van der Waals surface area contributed by atoms with Crippen molar-refractivity contribution in [1.82, 2.24) is 10.6 Å². The van der Waals surface area contributed by atoms with E-state index in [2.05, 4.69) is 28.6 Å². The third-order valence-electron chi connectivity index (χ3n) is 3.77. The van der Waals surface area contributed by atoms with Gasteiger partial charge in [-0.3, -0.25) is 0 Å². The molecule has 0 radical (unpaired) electrons. The molecule has 0 spiro atoms. The summed E-state index contributed by atoms with van der Waals surface area (Å²) in [5.74, 6) is 2.61. The number of unbranched alkanes of at least 4 members (excludes halogenated alkanes) is 1. The molecule has 0 saturated heterocycles. The molecule has 2 aromatic rings. The van der Waals surface area contributed by atoms with Gasteiger partial charge in [-0.2, -0.15) is 0 Å². The van der Waals surface area contributed by atoms with Gasteiger partial charge in [-0.15, -0.1) is 0 Å². The summed E-state index contributed by atoms with van der Waals surface area (Å²) in [5, 5.41) is 6.64. The number of aliphatic imine (C=N–C) groups is 1. The Morgan fingerprint density at radius 3 is 2.54 bits per heavy atom. The molecule has 5 heteroatoms. The van der Waals surface area contributed by atoms with Gasteiger partial charge in [0.15, 0.2) is 5.96 Å². The monoisotopic (exact) mass is 355 g/mol. The lowest BCUT2D eigenvalue weighted by atomic mass is 10.2. The van der Waals surface area contributed by atoms with Gasteiger partial charge in [0.25, 0.3) is 0 Å². The first-order valence-electron chi connectivity index (χ1n) is 9.14. The number of hydrogen-bond acceptors (Lipinski definition) is 3. The molecule has 0 aliphatic heterocycles. The number of benzene rings is 2. The second-order valence-electron chi connectivity index (χ2n) is 5.84. The minimum atomic E-state index is 0.615. The molecule has 0 aliphatic carbocycles. The van der Waals surface area contributed by atoms with Crippen LogP contribution in [0.25, 0.3) is 0 Å². The lowest BCUT2D eigenvalue weighted by Gasteiger charge is -2.12. The van der Waals surface area contributed by atoms with E-state index in [4.69, 9.17) is 9.47 Å². The van der Waals surface area contributed by atoms with Gasteiger partial charge in [-0.05, 0) is 49.6 Å². The summed E-state index contributed by atoms with van der Waals surface area (Å²) in [7, 11) is 1.68. The lowest BCUT2D eigenvalue weighted by molar-refractivity contribution is 0.307. The van der Waals surface area contributed by atoms with Crippen LogP contribution in [0.5, 0.6) is 11.5 Å². The highest BCUT2D eigenvalue weighted by Gasteiger charge is 1.99. The molecule has 0 saturated carbocycles. The maximum atomic E-state index is 5.70. The minimum absolute atomic E-state index is 0.615. The summed E-state index contributed by atoms with van der Waals surface area (Å²) in [4.78, 5) is 4.63. The fourth-order valence-electron chi connectivity index (χ4n) is 2.42. The minimum Gasteiger partial charge on any atom is -0.497 e. The molecule has 0 heterocycles. The van der Waals surface area contributed by atoms with E-state index in [0.717, 1.165) is 55.6 Å². The Kier molecular flexibility index (Phi) is 8.90. The number of methoxy groups -OCH3 is 1. The zero-order valence-corrected chi connectivity index (χ0v) is 15.7. The maximum absolute atomic E-state index is 5.70. The van der Waals surface area contributed by atoms with Crippen molar-refractivity contribution in [3.8, 4) is 11.5 Å². The number of rotatable bonds is 10. The molecule has 0 aliphatic rings. The van der Waals surface area contributed by atoms with Gasteiger partial charge < -0.3 is 20.1 Å². The smallest absolute Gasteiger partial charge is 0.191 e. The number of ether oxygens (including phenoxy) is 2. The molecule has 5 nitrogen and oxygen atoms in total. The van der Waals surface area contributed by atoms with Crippen LogP contribution in [0.3, 0.4) is 0 Å². The highest BCUT2D eigenvalue weighted by molar-refractivity contribution is 5.79. The first-order chi connectivity index (χ1) is 12.8. The average molecular weight is 355 g/mol. The fraction of sp³-hybridized carbons (Fsp3) is 0.381. The van der Waals surface area contributed by atoms with Crippen LogP contribution in [0.2, 0.25) is 0 Å². The Morgan fingerprint density at radius 1 is 0.962 bits per heavy atom. The second kappa shape index (κ2) is 11.8. The van der Waals surface area contributed by atoms with E-state index in [0.29, 0.717) is 6.54 Å². The molecule has 0 fully saturated rings. The van der Waals surface area contributed by atoms with E-state index < -0.39 is 0 Å². The van der Waals surface area contributed by atoms with E-state index in [-0.39, 0.29) is 0 Å². The summed E-state index contributed by atoms with van der Waals surface area (Å²) in [6.07, 6.45) is 2.02. The topological polar surface area (TPSA) is 54.9 Å². The molecule has 2 N–H and O–H groups in total. The first-order valence-corrected chi connectivity index (χ1v) is 9.14. The van der Waals surface area contributed by atoms with Crippen LogP contribution >= 0.6 is 0 Å². The summed E-state index contributed by atoms with van der Waals surface area (Å²) in [5.41, 5.74) is 1.12. The molecule has 26 heavy (non-hydrogen) atoms. The largest absolute Gasteiger partial charge is 0.497 e. The molecule has 0 atom stereocenters. The number of para-hydroxylation sites is 1. The van der Waals surface area contributed by atoms with E-state index in [9.17, 15) is 0 Å². The molecule has 2 rings (SSSR count). The Hall–Kier alpha value is -2.69. The van der Waals surface area contributed by atoms with Crippen molar-refractivity contribution in [2.75, 3.05) is 26.8 Å². The van der Waals surface area contributed by atoms with Crippen molar-refractivity contribution in [3.63, 3.8) is 0 Å². The summed E-state index contributed by atoms with van der Waals surface area (Å²) >= 11 is 0. The van der Waals surface area contributed by atoms with E-state index in [1.54, 1.807) is 7.11 Å². The predicted molar refractivity (Wildman–Crippen MR) is 107 cm³/mol. The SMILES string of the molecule is CCNC(=NCc1cccc(OC)c1)NCCCCOc1ccccc1. The van der Waals surface area contributed by atoms with Crippen LogP contribution in [0, 0.1) is 0 Å². The molecular formula is C21H29N3O2. The Bertz CT molecular complexity index is 659. The maximum Gasteiger partial charge on any atom is 0.191 e. The van der Waals surface area contributed by atoms with Crippen molar-refractivity contribution in [1.29, 1.82) is 0 Å². The number of guanidine groups is 1. The number of nitrogens with one attached hydrogen (secondary N) is 2. The summed E-state index contributed by atoms with van der Waals surface area (Å²) < 4.78 is 11.0. The average Bonchev–Trinajstić information content (AvgIpc) is 2.69. The second-order valence-corrected chi connectivity index (χ2v) is 5.84. The highest BCUT2D eigenvalue weighted by atomic mass is 16.5. The quantitative estimate of drug-likeness (QED) is 0.388. The molecule has 0 amide bonds. The molecule has 2 aromatic carbocycles. The van der Waals surface area contributed by atoms with Crippen molar-refractivity contribution in [2.45, 2.75) is 26.3 Å². The van der Waals surface area contributed by atoms with Crippen LogP contribution < -0.4 is 20.1 Å². The van der Waals surface area contributed by atoms with Gasteiger partial charge in [0.05, 0.1) is 20.3 Å². The molecule has 0 aromatic heterocycles. The Balaban J connectivity index is 1.69. The zero-order chi connectivity index (χ0) is 18.5. The van der Waals surface area contributed by atoms with Gasteiger partial charge in [-0.1, -0.05) is 30.3 Å². The third-order valence-corrected chi connectivity index (χ3v) is 3.77. The number of hydrogen-bond donors (Lipinski definition) is 2. The van der Waals surface area contributed by atoms with Gasteiger partial charge in [0, 0.05) is 13.1 Å². The van der Waals surface area contributed by atoms with Crippen LogP contribution in [0.15, 0.2) is 59.6 Å². The van der Waals surface area contributed by atoms with Gasteiger partial charge in [0.1, 0.15) is 11.5 Å². The molecule has 0 bridgehead atoms. The highest BCUT2D eigenvalue weighted by Crippen LogP contribution is 2.13. The van der Waals surface area contributed by atoms with E-state index in [1.165, 1.54) is 0 Å².